The minimum Gasteiger partial charge on any atom is -0.451 e. The van der Waals surface area contributed by atoms with Crippen molar-refractivity contribution in [3.8, 4) is 11.4 Å². The summed E-state index contributed by atoms with van der Waals surface area (Å²) in [5, 5.41) is 0. The number of carbonyl (C=O) groups is 1. The molecule has 0 radical (unpaired) electrons. The van der Waals surface area contributed by atoms with Gasteiger partial charge < -0.3 is 14.0 Å². The summed E-state index contributed by atoms with van der Waals surface area (Å²) in [6.45, 7) is 3.27. The fourth-order valence-corrected chi connectivity index (χ4v) is 2.32. The first kappa shape index (κ1) is 13.2. The third-order valence-electron chi connectivity index (χ3n) is 3.11. The predicted octanol–water partition coefficient (Wildman–Crippen LogP) is 3.68. The summed E-state index contributed by atoms with van der Waals surface area (Å²) in [5.74, 6) is 1.26. The number of nitrogens with zero attached hydrogens (tertiary/aromatic N) is 1. The number of para-hydroxylation sites is 2. The zero-order valence-corrected chi connectivity index (χ0v) is 11.9. The van der Waals surface area contributed by atoms with E-state index in [1.54, 1.807) is 6.08 Å². The number of hydrogen-bond donors (Lipinski definition) is 0. The molecule has 3 rings (SSSR count). The molecule has 0 N–H and O–H groups in total. The first-order chi connectivity index (χ1) is 10.2. The third-order valence-corrected chi connectivity index (χ3v) is 3.11. The van der Waals surface area contributed by atoms with E-state index in [4.69, 9.17) is 9.47 Å². The highest BCUT2D eigenvalue weighted by atomic mass is 16.6. The van der Waals surface area contributed by atoms with Gasteiger partial charge in [-0.25, -0.2) is 0 Å². The van der Waals surface area contributed by atoms with Crippen LogP contribution in [0.25, 0.3) is 11.4 Å². The summed E-state index contributed by atoms with van der Waals surface area (Å²) in [5.41, 5.74) is 1.69. The smallest absolute Gasteiger partial charge is 0.308 e. The van der Waals surface area contributed by atoms with E-state index in [1.807, 2.05) is 60.2 Å². The molecule has 1 aliphatic rings. The van der Waals surface area contributed by atoms with Crippen molar-refractivity contribution >= 4 is 11.7 Å². The lowest BCUT2D eigenvalue weighted by Gasteiger charge is -2.09. The van der Waals surface area contributed by atoms with Gasteiger partial charge in [-0.1, -0.05) is 18.2 Å². The lowest BCUT2D eigenvalue weighted by Crippen LogP contribution is -2.05. The molecule has 0 fully saturated rings. The van der Waals surface area contributed by atoms with Crippen LogP contribution in [0.3, 0.4) is 0 Å². The first-order valence-corrected chi connectivity index (χ1v) is 6.71. The Kier molecular flexibility index (Phi) is 3.36. The Morgan fingerprint density at radius 2 is 2.05 bits per heavy atom. The standard InChI is InChI=1S/C17H15NO3/c1-3-7-16-17(20-12(2)19)14-9-6-11-18(14)13-8-4-5-10-15(13)21-16/h3-11H,1-2H3. The quantitative estimate of drug-likeness (QED) is 0.788. The lowest BCUT2D eigenvalue weighted by atomic mass is 10.2. The Morgan fingerprint density at radius 1 is 1.24 bits per heavy atom. The van der Waals surface area contributed by atoms with Crippen LogP contribution in [0.1, 0.15) is 19.5 Å². The maximum atomic E-state index is 11.4. The van der Waals surface area contributed by atoms with Crippen LogP contribution in [0, 0.1) is 0 Å². The summed E-state index contributed by atoms with van der Waals surface area (Å²) < 4.78 is 13.3. The molecule has 0 amide bonds. The molecular formula is C17H15NO3. The van der Waals surface area contributed by atoms with Crippen molar-refractivity contribution in [2.24, 2.45) is 0 Å². The van der Waals surface area contributed by atoms with E-state index < -0.39 is 0 Å². The summed E-state index contributed by atoms with van der Waals surface area (Å²) in [7, 11) is 0. The molecule has 106 valence electrons. The Labute approximate surface area is 122 Å². The molecular weight excluding hydrogens is 266 g/mol. The fourth-order valence-electron chi connectivity index (χ4n) is 2.32. The van der Waals surface area contributed by atoms with E-state index in [-0.39, 0.29) is 5.97 Å². The minimum absolute atomic E-state index is 0.380. The maximum Gasteiger partial charge on any atom is 0.308 e. The second kappa shape index (κ2) is 5.32. The zero-order chi connectivity index (χ0) is 14.8. The molecule has 21 heavy (non-hydrogen) atoms. The van der Waals surface area contributed by atoms with E-state index in [0.29, 0.717) is 17.3 Å². The topological polar surface area (TPSA) is 40.5 Å². The van der Waals surface area contributed by atoms with Crippen LogP contribution in [0.4, 0.5) is 0 Å². The normalized spacial score (nSPS) is 13.4. The van der Waals surface area contributed by atoms with Gasteiger partial charge >= 0.3 is 5.97 Å². The molecule has 1 aliphatic heterocycles. The molecule has 0 unspecified atom stereocenters. The van der Waals surface area contributed by atoms with E-state index >= 15 is 0 Å². The highest BCUT2D eigenvalue weighted by molar-refractivity contribution is 5.78. The average molecular weight is 281 g/mol. The lowest BCUT2D eigenvalue weighted by molar-refractivity contribution is -0.134. The van der Waals surface area contributed by atoms with Gasteiger partial charge in [-0.3, -0.25) is 4.79 Å². The summed E-state index contributed by atoms with van der Waals surface area (Å²) >= 11 is 0. The van der Waals surface area contributed by atoms with Gasteiger partial charge in [-0.2, -0.15) is 0 Å². The van der Waals surface area contributed by atoms with Crippen molar-refractivity contribution < 1.29 is 14.3 Å². The molecule has 4 nitrogen and oxygen atoms in total. The number of aromatic nitrogens is 1. The average Bonchev–Trinajstić information content (AvgIpc) is 2.90. The zero-order valence-electron chi connectivity index (χ0n) is 11.9. The monoisotopic (exact) mass is 281 g/mol. The van der Waals surface area contributed by atoms with Crippen LogP contribution in [-0.2, 0) is 9.53 Å². The summed E-state index contributed by atoms with van der Waals surface area (Å²) in [6.07, 6.45) is 5.55. The van der Waals surface area contributed by atoms with Crippen molar-refractivity contribution in [1.82, 2.24) is 4.57 Å². The second-order valence-corrected chi connectivity index (χ2v) is 4.62. The molecule has 0 aliphatic carbocycles. The van der Waals surface area contributed by atoms with Crippen molar-refractivity contribution in [2.45, 2.75) is 13.8 Å². The van der Waals surface area contributed by atoms with Crippen LogP contribution in [0.5, 0.6) is 5.75 Å². The number of rotatable bonds is 2. The molecule has 1 aromatic carbocycles. The second-order valence-electron chi connectivity index (χ2n) is 4.62. The predicted molar refractivity (Wildman–Crippen MR) is 79.9 cm³/mol. The highest BCUT2D eigenvalue weighted by Crippen LogP contribution is 2.35. The van der Waals surface area contributed by atoms with E-state index in [9.17, 15) is 4.79 Å². The van der Waals surface area contributed by atoms with E-state index in [0.717, 1.165) is 11.4 Å². The van der Waals surface area contributed by atoms with Crippen molar-refractivity contribution in [3.05, 3.63) is 66.2 Å². The van der Waals surface area contributed by atoms with Crippen LogP contribution in [0.15, 0.2) is 60.5 Å². The Hall–Kier alpha value is -2.75. The molecule has 0 spiro atoms. The van der Waals surface area contributed by atoms with Gasteiger partial charge in [-0.15, -0.1) is 0 Å². The van der Waals surface area contributed by atoms with Crippen molar-refractivity contribution in [2.75, 3.05) is 0 Å². The first-order valence-electron chi connectivity index (χ1n) is 6.71. The van der Waals surface area contributed by atoms with Crippen molar-refractivity contribution in [3.63, 3.8) is 0 Å². The van der Waals surface area contributed by atoms with E-state index in [2.05, 4.69) is 0 Å². The van der Waals surface area contributed by atoms with Gasteiger partial charge in [0.1, 0.15) is 0 Å². The van der Waals surface area contributed by atoms with Gasteiger partial charge in [0.15, 0.2) is 17.3 Å². The Morgan fingerprint density at radius 3 is 2.81 bits per heavy atom. The molecule has 0 atom stereocenters. The third kappa shape index (κ3) is 2.36. The number of allylic oxidation sites excluding steroid dienone is 2. The number of benzene rings is 1. The van der Waals surface area contributed by atoms with Crippen LogP contribution in [-0.4, -0.2) is 10.5 Å². The Balaban J connectivity index is 2.27. The number of carbonyl (C=O) groups excluding carboxylic acids is 1. The molecule has 0 saturated carbocycles. The molecule has 1 aromatic heterocycles. The number of fused-ring (bicyclic) bond motifs is 3. The summed E-state index contributed by atoms with van der Waals surface area (Å²) in [6, 6.07) is 11.5. The molecule has 0 bridgehead atoms. The van der Waals surface area contributed by atoms with Gasteiger partial charge in [0.2, 0.25) is 0 Å². The van der Waals surface area contributed by atoms with E-state index in [1.165, 1.54) is 6.92 Å². The fraction of sp³-hybridized carbons (Fsp3) is 0.118. The van der Waals surface area contributed by atoms with Gasteiger partial charge in [-0.05, 0) is 37.3 Å². The largest absolute Gasteiger partial charge is 0.451 e. The van der Waals surface area contributed by atoms with Gasteiger partial charge in [0.25, 0.3) is 0 Å². The van der Waals surface area contributed by atoms with Crippen LogP contribution >= 0.6 is 0 Å². The van der Waals surface area contributed by atoms with Crippen LogP contribution in [0.2, 0.25) is 0 Å². The van der Waals surface area contributed by atoms with Crippen molar-refractivity contribution in [1.29, 1.82) is 0 Å². The summed E-state index contributed by atoms with van der Waals surface area (Å²) in [4.78, 5) is 11.4. The molecule has 0 saturated heterocycles. The van der Waals surface area contributed by atoms with Crippen LogP contribution < -0.4 is 4.74 Å². The number of hydrogen-bond acceptors (Lipinski definition) is 3. The molecule has 4 heteroatoms. The SMILES string of the molecule is CC=CC1=C(OC(C)=O)c2cccn2-c2ccccc2O1. The molecule has 2 heterocycles. The number of ether oxygens (including phenoxy) is 2. The Bertz CT molecular complexity index is 753. The minimum atomic E-state index is -0.380. The van der Waals surface area contributed by atoms with Gasteiger partial charge in [0.05, 0.1) is 11.4 Å². The number of esters is 1. The van der Waals surface area contributed by atoms with Gasteiger partial charge in [0, 0.05) is 13.1 Å². The highest BCUT2D eigenvalue weighted by Gasteiger charge is 2.23. The maximum absolute atomic E-state index is 11.4. The molecule has 2 aromatic rings.